The number of hydrazone groups is 2. The van der Waals surface area contributed by atoms with Crippen molar-refractivity contribution in [1.82, 2.24) is 15.4 Å². The Balaban J connectivity index is 2.56. The summed E-state index contributed by atoms with van der Waals surface area (Å²) >= 11 is 0. The summed E-state index contributed by atoms with van der Waals surface area (Å²) < 4.78 is 5.11. The summed E-state index contributed by atoms with van der Waals surface area (Å²) in [6.45, 7) is 0.820. The fourth-order valence-electron chi connectivity index (χ4n) is 2.00. The first-order chi connectivity index (χ1) is 11.5. The Hall–Kier alpha value is -2.76. The van der Waals surface area contributed by atoms with Gasteiger partial charge in [-0.05, 0) is 24.1 Å². The molecule has 0 radical (unpaired) electrons. The quantitative estimate of drug-likeness (QED) is 0.146. The van der Waals surface area contributed by atoms with E-state index in [1.54, 1.807) is 7.11 Å². The number of benzene rings is 1. The van der Waals surface area contributed by atoms with Gasteiger partial charge in [-0.15, -0.1) is 5.10 Å². The van der Waals surface area contributed by atoms with E-state index in [2.05, 4.69) is 15.6 Å². The number of ether oxygens (including phenoxy) is 1. The minimum absolute atomic E-state index is 0.248. The van der Waals surface area contributed by atoms with Crippen molar-refractivity contribution in [3.05, 3.63) is 29.8 Å². The number of amidine groups is 1. The van der Waals surface area contributed by atoms with Crippen molar-refractivity contribution in [3.63, 3.8) is 0 Å². The molecule has 0 amide bonds. The number of hydrogen-bond acceptors (Lipinski definition) is 8. The molecule has 11 nitrogen and oxygen atoms in total. The van der Waals surface area contributed by atoms with Gasteiger partial charge in [-0.3, -0.25) is 10.0 Å². The van der Waals surface area contributed by atoms with E-state index in [9.17, 15) is 0 Å². The predicted molar refractivity (Wildman–Crippen MR) is 93.4 cm³/mol. The van der Waals surface area contributed by atoms with Crippen molar-refractivity contribution in [2.45, 2.75) is 19.4 Å². The minimum atomic E-state index is 0.248. The number of rotatable bonds is 7. The summed E-state index contributed by atoms with van der Waals surface area (Å²) in [6.07, 6.45) is 1.16. The van der Waals surface area contributed by atoms with Gasteiger partial charge in [-0.2, -0.15) is 5.10 Å². The second kappa shape index (κ2) is 10.1. The third-order valence-electron chi connectivity index (χ3n) is 3.28. The second-order valence-corrected chi connectivity index (χ2v) is 4.92. The van der Waals surface area contributed by atoms with Gasteiger partial charge in [0, 0.05) is 13.0 Å². The van der Waals surface area contributed by atoms with Gasteiger partial charge in [-0.1, -0.05) is 12.1 Å². The average Bonchev–Trinajstić information content (AvgIpc) is 2.60. The maximum atomic E-state index is 6.01. The molecular formula is C13H26N10O. The molecular weight excluding hydrogens is 312 g/mol. The van der Waals surface area contributed by atoms with E-state index < -0.39 is 0 Å². The van der Waals surface area contributed by atoms with Gasteiger partial charge >= 0.3 is 0 Å². The largest absolute Gasteiger partial charge is 0.497 e. The van der Waals surface area contributed by atoms with Crippen molar-refractivity contribution < 1.29 is 4.74 Å². The summed E-state index contributed by atoms with van der Waals surface area (Å²) in [5, 5.41) is 9.87. The summed E-state index contributed by atoms with van der Waals surface area (Å²) in [5.74, 6) is 29.3. The van der Waals surface area contributed by atoms with E-state index in [0.717, 1.165) is 11.3 Å². The third kappa shape index (κ3) is 5.79. The highest BCUT2D eigenvalue weighted by Gasteiger charge is 2.14. The van der Waals surface area contributed by atoms with Gasteiger partial charge in [0.1, 0.15) is 11.6 Å². The molecule has 0 aliphatic carbocycles. The Morgan fingerprint density at radius 2 is 1.79 bits per heavy atom. The number of methoxy groups -OCH3 is 1. The lowest BCUT2D eigenvalue weighted by Gasteiger charge is -2.27. The van der Waals surface area contributed by atoms with Crippen LogP contribution >= 0.6 is 0 Å². The molecule has 0 saturated heterocycles. The molecule has 134 valence electrons. The monoisotopic (exact) mass is 338 g/mol. The molecule has 0 bridgehead atoms. The summed E-state index contributed by atoms with van der Waals surface area (Å²) in [4.78, 5) is 0. The molecule has 0 unspecified atom stereocenters. The van der Waals surface area contributed by atoms with Crippen LogP contribution in [0.4, 0.5) is 0 Å². The SMILES string of the molecule is COc1ccc(CN(N)/C(=N\N)N(N)CCC/C(=N/N)NN)cc1. The van der Waals surface area contributed by atoms with Crippen molar-refractivity contribution in [2.75, 3.05) is 13.7 Å². The Morgan fingerprint density at radius 1 is 1.12 bits per heavy atom. The molecule has 0 aliphatic heterocycles. The maximum absolute atomic E-state index is 6.01. The summed E-state index contributed by atoms with van der Waals surface area (Å²) in [5.41, 5.74) is 3.36. The fraction of sp³-hybridized carbons (Fsp3) is 0.385. The Morgan fingerprint density at radius 3 is 2.29 bits per heavy atom. The van der Waals surface area contributed by atoms with Crippen LogP contribution in [-0.4, -0.2) is 35.5 Å². The maximum Gasteiger partial charge on any atom is 0.247 e. The molecule has 0 fully saturated rings. The molecule has 24 heavy (non-hydrogen) atoms. The first-order valence-corrected chi connectivity index (χ1v) is 7.24. The molecule has 1 aromatic rings. The zero-order chi connectivity index (χ0) is 17.9. The van der Waals surface area contributed by atoms with E-state index in [1.807, 2.05) is 24.3 Å². The lowest BCUT2D eigenvalue weighted by Crippen LogP contribution is -2.51. The van der Waals surface area contributed by atoms with Crippen LogP contribution in [0.3, 0.4) is 0 Å². The smallest absolute Gasteiger partial charge is 0.247 e. The van der Waals surface area contributed by atoms with Crippen LogP contribution in [-0.2, 0) is 6.54 Å². The van der Waals surface area contributed by atoms with Crippen molar-refractivity contribution in [1.29, 1.82) is 0 Å². The van der Waals surface area contributed by atoms with Crippen molar-refractivity contribution in [2.24, 2.45) is 39.4 Å². The van der Waals surface area contributed by atoms with Crippen LogP contribution < -0.4 is 39.4 Å². The van der Waals surface area contributed by atoms with Gasteiger partial charge in [0.15, 0.2) is 0 Å². The van der Waals surface area contributed by atoms with Crippen molar-refractivity contribution in [3.8, 4) is 5.75 Å². The Labute approximate surface area is 141 Å². The highest BCUT2D eigenvalue weighted by Crippen LogP contribution is 2.12. The van der Waals surface area contributed by atoms with Crippen molar-refractivity contribution >= 4 is 11.8 Å². The number of nitrogens with two attached hydrogens (primary N) is 5. The summed E-state index contributed by atoms with van der Waals surface area (Å²) in [7, 11) is 1.61. The topological polar surface area (TPSA) is 183 Å². The number of nitrogens with one attached hydrogen (secondary N) is 1. The number of guanidine groups is 1. The molecule has 0 spiro atoms. The van der Waals surface area contributed by atoms with Crippen LogP contribution in [0.15, 0.2) is 34.5 Å². The number of nitrogens with zero attached hydrogens (tertiary/aromatic N) is 4. The normalized spacial score (nSPS) is 12.0. The standard InChI is InChI=1S/C13H26N10O/c1-24-11-6-4-10(5-7-11)9-23(18)13(21-16)22(17)8-2-3-12(19-14)20-15/h4-7H,2-3,8-9,14-18H2,1H3,(H,19,20)/b21-13-. The zero-order valence-corrected chi connectivity index (χ0v) is 13.7. The van der Waals surface area contributed by atoms with Gasteiger partial charge in [0.05, 0.1) is 13.7 Å². The molecule has 0 atom stereocenters. The Bertz CT molecular complexity index is 544. The van der Waals surface area contributed by atoms with E-state index in [-0.39, 0.29) is 5.96 Å². The van der Waals surface area contributed by atoms with Gasteiger partial charge in [-0.25, -0.2) is 17.5 Å². The number of hydrogen-bond donors (Lipinski definition) is 6. The van der Waals surface area contributed by atoms with E-state index >= 15 is 0 Å². The third-order valence-corrected chi connectivity index (χ3v) is 3.28. The first-order valence-electron chi connectivity index (χ1n) is 7.24. The molecule has 1 rings (SSSR count). The van der Waals surface area contributed by atoms with Gasteiger partial charge in [0.25, 0.3) is 0 Å². The van der Waals surface area contributed by atoms with Crippen LogP contribution in [0.2, 0.25) is 0 Å². The highest BCUT2D eigenvalue weighted by molar-refractivity contribution is 5.81. The summed E-state index contributed by atoms with van der Waals surface area (Å²) in [6, 6.07) is 7.47. The molecule has 1 aromatic carbocycles. The molecule has 0 aliphatic rings. The van der Waals surface area contributed by atoms with Crippen LogP contribution in [0, 0.1) is 0 Å². The minimum Gasteiger partial charge on any atom is -0.497 e. The highest BCUT2D eigenvalue weighted by atomic mass is 16.5. The van der Waals surface area contributed by atoms with E-state index in [4.69, 9.17) is 34.0 Å². The zero-order valence-electron chi connectivity index (χ0n) is 13.7. The van der Waals surface area contributed by atoms with Crippen LogP contribution in [0.1, 0.15) is 18.4 Å². The Kier molecular flexibility index (Phi) is 8.11. The van der Waals surface area contributed by atoms with Gasteiger partial charge in [0.2, 0.25) is 5.96 Å². The molecule has 0 heterocycles. The first kappa shape index (κ1) is 19.3. The van der Waals surface area contributed by atoms with Crippen LogP contribution in [0.25, 0.3) is 0 Å². The fourth-order valence-corrected chi connectivity index (χ4v) is 2.00. The molecule has 0 saturated carbocycles. The second-order valence-electron chi connectivity index (χ2n) is 4.92. The van der Waals surface area contributed by atoms with Crippen LogP contribution in [0.5, 0.6) is 5.75 Å². The van der Waals surface area contributed by atoms with E-state index in [1.165, 1.54) is 10.0 Å². The lowest BCUT2D eigenvalue weighted by molar-refractivity contribution is 0.318. The average molecular weight is 338 g/mol. The van der Waals surface area contributed by atoms with E-state index in [0.29, 0.717) is 31.8 Å². The molecule has 0 aromatic heterocycles. The predicted octanol–water partition coefficient (Wildman–Crippen LogP) is -1.71. The molecule has 11 N–H and O–H groups in total. The number of hydrazine groups is 3. The lowest BCUT2D eigenvalue weighted by atomic mass is 10.2. The molecule has 11 heteroatoms. The van der Waals surface area contributed by atoms with Gasteiger partial charge < -0.3 is 21.8 Å².